The minimum atomic E-state index is -1.04. The smallest absolute Gasteiger partial charge is 0.319 e. The van der Waals surface area contributed by atoms with Gasteiger partial charge in [-0.05, 0) is 64.9 Å². The van der Waals surface area contributed by atoms with Gasteiger partial charge in [0.2, 0.25) is 0 Å². The number of hydrogen-bond donors (Lipinski definition) is 1. The second-order valence-electron chi connectivity index (χ2n) is 6.62. The van der Waals surface area contributed by atoms with E-state index in [0.717, 1.165) is 39.1 Å². The maximum absolute atomic E-state index is 13.3. The maximum Gasteiger partial charge on any atom is 0.325 e. The summed E-state index contributed by atoms with van der Waals surface area (Å²) in [5.74, 6) is -0.552. The van der Waals surface area contributed by atoms with Crippen molar-refractivity contribution in [2.45, 2.75) is 31.2 Å². The Kier molecular flexibility index (Phi) is 4.44. The van der Waals surface area contributed by atoms with Crippen molar-refractivity contribution in [3.63, 3.8) is 0 Å². The SMILES string of the molecule is O=C(CN1C(=O)N[C@]2(CCCCc3ccccc32)C1=O)c1ccc(Br)s1. The third-order valence-electron chi connectivity index (χ3n) is 5.05. The lowest BCUT2D eigenvalue weighted by molar-refractivity contribution is -0.131. The number of Topliss-reactive ketones (excluding diaryl/α,β-unsaturated/α-hetero) is 1. The van der Waals surface area contributed by atoms with E-state index in [2.05, 4.69) is 21.2 Å². The first kappa shape index (κ1) is 17.4. The van der Waals surface area contributed by atoms with Crippen LogP contribution in [0.5, 0.6) is 0 Å². The molecule has 2 aliphatic rings. The molecule has 2 heterocycles. The summed E-state index contributed by atoms with van der Waals surface area (Å²) in [7, 11) is 0. The standard InChI is InChI=1S/C19H17BrN2O3S/c20-16-9-8-15(26-16)14(23)11-22-17(24)19(21-18(22)25)10-4-3-6-12-5-1-2-7-13(12)19/h1-2,5,7-9H,3-4,6,10-11H2,(H,21,25)/t19-/m0/s1. The van der Waals surface area contributed by atoms with Gasteiger partial charge in [0.05, 0.1) is 15.2 Å². The van der Waals surface area contributed by atoms with Gasteiger partial charge in [0.1, 0.15) is 5.54 Å². The molecular weight excluding hydrogens is 416 g/mol. The number of nitrogens with zero attached hydrogens (tertiary/aromatic N) is 1. The fourth-order valence-electron chi connectivity index (χ4n) is 3.80. The van der Waals surface area contributed by atoms with Crippen molar-refractivity contribution in [3.8, 4) is 0 Å². The second kappa shape index (κ2) is 6.63. The summed E-state index contributed by atoms with van der Waals surface area (Å²) in [5.41, 5.74) is 0.916. The van der Waals surface area contributed by atoms with E-state index in [-0.39, 0.29) is 18.2 Å². The highest BCUT2D eigenvalue weighted by Gasteiger charge is 2.53. The first-order chi connectivity index (χ1) is 12.5. The summed E-state index contributed by atoms with van der Waals surface area (Å²) >= 11 is 4.63. The average Bonchev–Trinajstić information content (AvgIpc) is 3.09. The molecule has 1 aliphatic heterocycles. The third kappa shape index (κ3) is 2.79. The van der Waals surface area contributed by atoms with Crippen LogP contribution in [0, 0.1) is 0 Å². The van der Waals surface area contributed by atoms with E-state index in [1.165, 1.54) is 11.3 Å². The molecule has 3 amide bonds. The van der Waals surface area contributed by atoms with E-state index >= 15 is 0 Å². The van der Waals surface area contributed by atoms with Gasteiger partial charge in [0.15, 0.2) is 5.78 Å². The predicted molar refractivity (Wildman–Crippen MR) is 102 cm³/mol. The summed E-state index contributed by atoms with van der Waals surface area (Å²) in [4.78, 5) is 40.0. The normalized spacial score (nSPS) is 22.3. The van der Waals surface area contributed by atoms with E-state index in [1.807, 2.05) is 24.3 Å². The number of fused-ring (bicyclic) bond motifs is 2. The molecule has 26 heavy (non-hydrogen) atoms. The molecule has 0 unspecified atom stereocenters. The molecule has 134 valence electrons. The first-order valence-electron chi connectivity index (χ1n) is 8.52. The van der Waals surface area contributed by atoms with Crippen LogP contribution in [0.1, 0.15) is 40.1 Å². The van der Waals surface area contributed by atoms with Crippen LogP contribution >= 0.6 is 27.3 Å². The Balaban J connectivity index is 1.66. The number of carbonyl (C=O) groups excluding carboxylic acids is 3. The molecule has 1 aliphatic carbocycles. The zero-order valence-corrected chi connectivity index (χ0v) is 16.4. The van der Waals surface area contributed by atoms with Crippen molar-refractivity contribution < 1.29 is 14.4 Å². The number of hydrogen-bond acceptors (Lipinski definition) is 4. The summed E-state index contributed by atoms with van der Waals surface area (Å²) in [6, 6.07) is 10.8. The van der Waals surface area contributed by atoms with Crippen molar-refractivity contribution in [2.75, 3.05) is 6.54 Å². The van der Waals surface area contributed by atoms with Crippen LogP contribution in [0.15, 0.2) is 40.2 Å². The van der Waals surface area contributed by atoms with Crippen molar-refractivity contribution >= 4 is 45.0 Å². The predicted octanol–water partition coefficient (Wildman–Crippen LogP) is 3.87. The molecule has 1 aromatic heterocycles. The minimum Gasteiger partial charge on any atom is -0.319 e. The lowest BCUT2D eigenvalue weighted by Crippen LogP contribution is -2.44. The summed E-state index contributed by atoms with van der Waals surface area (Å²) in [6.07, 6.45) is 3.28. The van der Waals surface area contributed by atoms with E-state index < -0.39 is 11.6 Å². The highest BCUT2D eigenvalue weighted by molar-refractivity contribution is 9.11. The second-order valence-corrected chi connectivity index (χ2v) is 9.08. The quantitative estimate of drug-likeness (QED) is 0.591. The number of amides is 3. The summed E-state index contributed by atoms with van der Waals surface area (Å²) < 4.78 is 0.840. The molecule has 1 aromatic carbocycles. The average molecular weight is 433 g/mol. The number of imide groups is 1. The number of rotatable bonds is 3. The molecule has 0 saturated carbocycles. The molecule has 1 saturated heterocycles. The van der Waals surface area contributed by atoms with Gasteiger partial charge in [-0.1, -0.05) is 24.3 Å². The van der Waals surface area contributed by atoms with Gasteiger partial charge in [-0.25, -0.2) is 4.79 Å². The number of carbonyl (C=O) groups is 3. The fraction of sp³-hybridized carbons (Fsp3) is 0.316. The van der Waals surface area contributed by atoms with E-state index in [0.29, 0.717) is 11.3 Å². The van der Waals surface area contributed by atoms with Gasteiger partial charge in [-0.15, -0.1) is 11.3 Å². The molecule has 4 rings (SSSR count). The third-order valence-corrected chi connectivity index (χ3v) is 6.72. The molecule has 1 atom stereocenters. The Bertz CT molecular complexity index is 910. The largest absolute Gasteiger partial charge is 0.325 e. The summed E-state index contributed by atoms with van der Waals surface area (Å²) in [6.45, 7) is -0.235. The molecule has 2 aromatic rings. The number of halogens is 1. The van der Waals surface area contributed by atoms with Crippen LogP contribution in [0.25, 0.3) is 0 Å². The molecule has 7 heteroatoms. The van der Waals surface area contributed by atoms with Gasteiger partial charge in [-0.2, -0.15) is 0 Å². The van der Waals surface area contributed by atoms with Crippen molar-refractivity contribution in [2.24, 2.45) is 0 Å². The zero-order chi connectivity index (χ0) is 18.3. The monoisotopic (exact) mass is 432 g/mol. The van der Waals surface area contributed by atoms with Crippen molar-refractivity contribution in [1.29, 1.82) is 0 Å². The number of urea groups is 1. The number of thiophene rings is 1. The van der Waals surface area contributed by atoms with Gasteiger partial charge >= 0.3 is 6.03 Å². The topological polar surface area (TPSA) is 66.5 Å². The van der Waals surface area contributed by atoms with Gasteiger partial charge in [-0.3, -0.25) is 14.5 Å². The lowest BCUT2D eigenvalue weighted by atomic mass is 9.84. The molecule has 5 nitrogen and oxygen atoms in total. The zero-order valence-electron chi connectivity index (χ0n) is 14.0. The maximum atomic E-state index is 13.3. The van der Waals surface area contributed by atoms with E-state index in [9.17, 15) is 14.4 Å². The molecule has 0 bridgehead atoms. The Morgan fingerprint density at radius 2 is 2.00 bits per heavy atom. The number of benzene rings is 1. The van der Waals surface area contributed by atoms with Crippen LogP contribution in [0.2, 0.25) is 0 Å². The minimum absolute atomic E-state index is 0.233. The molecule has 1 fully saturated rings. The number of nitrogens with one attached hydrogen (secondary N) is 1. The molecule has 0 radical (unpaired) electrons. The summed E-state index contributed by atoms with van der Waals surface area (Å²) in [5, 5.41) is 2.91. The van der Waals surface area contributed by atoms with Crippen LogP contribution in [-0.4, -0.2) is 29.2 Å². The molecule has 1 N–H and O–H groups in total. The molecular formula is C19H17BrN2O3S. The Morgan fingerprint density at radius 3 is 2.77 bits per heavy atom. The lowest BCUT2D eigenvalue weighted by Gasteiger charge is -2.27. The highest BCUT2D eigenvalue weighted by Crippen LogP contribution is 2.39. The van der Waals surface area contributed by atoms with Crippen molar-refractivity contribution in [3.05, 3.63) is 56.2 Å². The van der Waals surface area contributed by atoms with Crippen LogP contribution in [-0.2, 0) is 16.8 Å². The van der Waals surface area contributed by atoms with Crippen LogP contribution in [0.3, 0.4) is 0 Å². The van der Waals surface area contributed by atoms with Gasteiger partial charge < -0.3 is 5.32 Å². The van der Waals surface area contributed by atoms with Gasteiger partial charge in [0.25, 0.3) is 5.91 Å². The van der Waals surface area contributed by atoms with Gasteiger partial charge in [0, 0.05) is 0 Å². The van der Waals surface area contributed by atoms with Crippen molar-refractivity contribution in [1.82, 2.24) is 10.2 Å². The number of ketones is 1. The highest BCUT2D eigenvalue weighted by atomic mass is 79.9. The Hall–Kier alpha value is -1.99. The Morgan fingerprint density at radius 1 is 1.19 bits per heavy atom. The number of aryl methyl sites for hydroxylation is 1. The van der Waals surface area contributed by atoms with Crippen LogP contribution < -0.4 is 5.32 Å². The first-order valence-corrected chi connectivity index (χ1v) is 10.1. The molecule has 1 spiro atoms. The van der Waals surface area contributed by atoms with Crippen LogP contribution in [0.4, 0.5) is 4.79 Å². The Labute approximate surface area is 163 Å². The fourth-order valence-corrected chi connectivity index (χ4v) is 5.12. The van der Waals surface area contributed by atoms with E-state index in [4.69, 9.17) is 0 Å². The van der Waals surface area contributed by atoms with E-state index in [1.54, 1.807) is 12.1 Å².